The van der Waals surface area contributed by atoms with Crippen LogP contribution in [0.15, 0.2) is 54.7 Å². The molecule has 0 atom stereocenters. The van der Waals surface area contributed by atoms with Crippen molar-refractivity contribution in [2.75, 3.05) is 10.6 Å². The number of hydrogen-bond acceptors (Lipinski definition) is 5. The Morgan fingerprint density at radius 2 is 1.78 bits per heavy atom. The first-order valence-electron chi connectivity index (χ1n) is 7.60. The first kappa shape index (κ1) is 18.5. The van der Waals surface area contributed by atoms with Gasteiger partial charge in [-0.15, -0.1) is 0 Å². The fourth-order valence-corrected chi connectivity index (χ4v) is 2.47. The average molecular weight is 390 g/mol. The summed E-state index contributed by atoms with van der Waals surface area (Å²) in [6, 6.07) is 13.6. The Balaban J connectivity index is 1.88. The van der Waals surface area contributed by atoms with Crippen molar-refractivity contribution in [2.45, 2.75) is 6.18 Å². The zero-order valence-corrected chi connectivity index (χ0v) is 14.3. The zero-order valence-electron chi connectivity index (χ0n) is 13.5. The van der Waals surface area contributed by atoms with Gasteiger partial charge in [0.15, 0.2) is 0 Å². The summed E-state index contributed by atoms with van der Waals surface area (Å²) in [4.78, 5) is 8.16. The van der Waals surface area contributed by atoms with Crippen molar-refractivity contribution in [3.8, 4) is 6.07 Å². The van der Waals surface area contributed by atoms with Gasteiger partial charge in [-0.2, -0.15) is 23.4 Å². The minimum atomic E-state index is -4.58. The number of alkyl halides is 3. The van der Waals surface area contributed by atoms with Crippen LogP contribution in [0.25, 0.3) is 0 Å². The monoisotopic (exact) mass is 389 g/mol. The summed E-state index contributed by atoms with van der Waals surface area (Å²) in [5, 5.41) is 14.6. The lowest BCUT2D eigenvalue weighted by Gasteiger charge is -2.15. The molecule has 0 radical (unpaired) electrons. The van der Waals surface area contributed by atoms with Crippen LogP contribution < -0.4 is 10.6 Å². The number of para-hydroxylation sites is 1. The SMILES string of the molecule is N#Cc1ccccc1Nc1nccc(Nc2ccc(Cl)cc2C(F)(F)F)n1. The molecular weight excluding hydrogens is 379 g/mol. The fraction of sp³-hybridized carbons (Fsp3) is 0.0556. The van der Waals surface area contributed by atoms with E-state index in [0.29, 0.717) is 11.3 Å². The van der Waals surface area contributed by atoms with E-state index in [1.54, 1.807) is 24.3 Å². The number of halogens is 4. The van der Waals surface area contributed by atoms with Crippen LogP contribution >= 0.6 is 11.6 Å². The van der Waals surface area contributed by atoms with Gasteiger partial charge < -0.3 is 10.6 Å². The summed E-state index contributed by atoms with van der Waals surface area (Å²) < 4.78 is 39.6. The lowest BCUT2D eigenvalue weighted by molar-refractivity contribution is -0.136. The molecule has 0 saturated heterocycles. The van der Waals surface area contributed by atoms with Crippen LogP contribution in [-0.2, 0) is 6.18 Å². The van der Waals surface area contributed by atoms with Crippen molar-refractivity contribution in [3.63, 3.8) is 0 Å². The van der Waals surface area contributed by atoms with Gasteiger partial charge in [0.05, 0.1) is 22.5 Å². The highest BCUT2D eigenvalue weighted by atomic mass is 35.5. The molecule has 0 saturated carbocycles. The molecule has 3 aromatic rings. The summed E-state index contributed by atoms with van der Waals surface area (Å²) in [5.74, 6) is 0.278. The van der Waals surface area contributed by atoms with Gasteiger partial charge in [-0.05, 0) is 36.4 Å². The molecule has 2 aromatic carbocycles. The van der Waals surface area contributed by atoms with E-state index in [4.69, 9.17) is 16.9 Å². The molecule has 1 aromatic heterocycles. The fourth-order valence-electron chi connectivity index (χ4n) is 2.30. The van der Waals surface area contributed by atoms with Crippen molar-refractivity contribution >= 4 is 34.7 Å². The Bertz CT molecular complexity index is 1010. The predicted octanol–water partition coefficient (Wildman–Crippen LogP) is 5.51. The maximum atomic E-state index is 13.2. The maximum absolute atomic E-state index is 13.2. The molecule has 0 fully saturated rings. The molecule has 5 nitrogen and oxygen atoms in total. The molecule has 0 unspecified atom stereocenters. The topological polar surface area (TPSA) is 73.6 Å². The van der Waals surface area contributed by atoms with E-state index in [1.165, 1.54) is 24.4 Å². The second-order valence-corrected chi connectivity index (χ2v) is 5.80. The summed E-state index contributed by atoms with van der Waals surface area (Å²) in [5.41, 5.74) is -0.219. The van der Waals surface area contributed by atoms with Gasteiger partial charge in [0.1, 0.15) is 11.9 Å². The first-order valence-corrected chi connectivity index (χ1v) is 7.97. The number of nitrogens with one attached hydrogen (secondary N) is 2. The minimum absolute atomic E-state index is 0.0222. The van der Waals surface area contributed by atoms with Gasteiger partial charge in [-0.25, -0.2) is 4.98 Å². The smallest absolute Gasteiger partial charge is 0.340 e. The van der Waals surface area contributed by atoms with E-state index < -0.39 is 11.7 Å². The van der Waals surface area contributed by atoms with Gasteiger partial charge in [0.2, 0.25) is 5.95 Å². The molecule has 9 heteroatoms. The van der Waals surface area contributed by atoms with Crippen molar-refractivity contribution in [1.29, 1.82) is 5.26 Å². The van der Waals surface area contributed by atoms with Crippen molar-refractivity contribution in [1.82, 2.24) is 9.97 Å². The largest absolute Gasteiger partial charge is 0.418 e. The van der Waals surface area contributed by atoms with Crippen LogP contribution in [0.4, 0.5) is 36.3 Å². The van der Waals surface area contributed by atoms with Crippen LogP contribution in [-0.4, -0.2) is 9.97 Å². The number of nitrogens with zero attached hydrogens (tertiary/aromatic N) is 3. The van der Waals surface area contributed by atoms with E-state index >= 15 is 0 Å². The van der Waals surface area contributed by atoms with Crippen molar-refractivity contribution in [2.24, 2.45) is 0 Å². The molecule has 0 aliphatic rings. The molecular formula is C18H11ClF3N5. The van der Waals surface area contributed by atoms with E-state index in [0.717, 1.165) is 6.07 Å². The molecule has 0 aliphatic carbocycles. The summed E-state index contributed by atoms with van der Waals surface area (Å²) >= 11 is 5.68. The summed E-state index contributed by atoms with van der Waals surface area (Å²) in [7, 11) is 0. The van der Waals surface area contributed by atoms with Gasteiger partial charge in [0.25, 0.3) is 0 Å². The Labute approximate surface area is 157 Å². The van der Waals surface area contributed by atoms with E-state index in [2.05, 4.69) is 20.6 Å². The van der Waals surface area contributed by atoms with Gasteiger partial charge >= 0.3 is 6.18 Å². The summed E-state index contributed by atoms with van der Waals surface area (Å²) in [6.45, 7) is 0. The molecule has 0 spiro atoms. The Morgan fingerprint density at radius 3 is 2.52 bits per heavy atom. The Morgan fingerprint density at radius 1 is 1.00 bits per heavy atom. The number of nitriles is 1. The van der Waals surface area contributed by atoms with Gasteiger partial charge in [-0.1, -0.05) is 23.7 Å². The highest BCUT2D eigenvalue weighted by molar-refractivity contribution is 6.30. The number of anilines is 4. The third kappa shape index (κ3) is 4.46. The number of hydrogen-bond donors (Lipinski definition) is 2. The molecule has 2 N–H and O–H groups in total. The van der Waals surface area contributed by atoms with Crippen LogP contribution in [0, 0.1) is 11.3 Å². The van der Waals surface area contributed by atoms with Crippen LogP contribution in [0.3, 0.4) is 0 Å². The van der Waals surface area contributed by atoms with Crippen molar-refractivity contribution < 1.29 is 13.2 Å². The third-order valence-corrected chi connectivity index (χ3v) is 3.73. The van der Waals surface area contributed by atoms with Gasteiger partial charge in [0, 0.05) is 11.2 Å². The molecule has 0 amide bonds. The number of aromatic nitrogens is 2. The van der Waals surface area contributed by atoms with E-state index in [9.17, 15) is 13.2 Å². The molecule has 3 rings (SSSR count). The molecule has 27 heavy (non-hydrogen) atoms. The minimum Gasteiger partial charge on any atom is -0.340 e. The van der Waals surface area contributed by atoms with Crippen molar-refractivity contribution in [3.05, 3.63) is 70.9 Å². The maximum Gasteiger partial charge on any atom is 0.418 e. The normalized spacial score (nSPS) is 10.9. The number of rotatable bonds is 4. The highest BCUT2D eigenvalue weighted by Gasteiger charge is 2.34. The second kappa shape index (κ2) is 7.51. The first-order chi connectivity index (χ1) is 12.9. The molecule has 0 bridgehead atoms. The predicted molar refractivity (Wildman–Crippen MR) is 96.2 cm³/mol. The lowest BCUT2D eigenvalue weighted by atomic mass is 10.1. The van der Waals surface area contributed by atoms with E-state index in [-0.39, 0.29) is 22.5 Å². The molecule has 1 heterocycles. The third-order valence-electron chi connectivity index (χ3n) is 3.50. The quantitative estimate of drug-likeness (QED) is 0.615. The van der Waals surface area contributed by atoms with Crippen LogP contribution in [0.2, 0.25) is 5.02 Å². The zero-order chi connectivity index (χ0) is 19.4. The van der Waals surface area contributed by atoms with Crippen LogP contribution in [0.5, 0.6) is 0 Å². The standard InChI is InChI=1S/C18H11ClF3N5/c19-12-5-6-15(13(9-12)18(20,21)22)25-16-7-8-24-17(27-16)26-14-4-2-1-3-11(14)10-23/h1-9H,(H2,24,25,26,27). The highest BCUT2D eigenvalue weighted by Crippen LogP contribution is 2.37. The van der Waals surface area contributed by atoms with Crippen LogP contribution in [0.1, 0.15) is 11.1 Å². The molecule has 136 valence electrons. The Hall–Kier alpha value is -3.31. The summed E-state index contributed by atoms with van der Waals surface area (Å²) in [6.07, 6.45) is -3.19. The van der Waals surface area contributed by atoms with Gasteiger partial charge in [-0.3, -0.25) is 0 Å². The lowest BCUT2D eigenvalue weighted by Crippen LogP contribution is -2.09. The average Bonchev–Trinajstić information content (AvgIpc) is 2.63. The second-order valence-electron chi connectivity index (χ2n) is 5.36. The Kier molecular flexibility index (Phi) is 5.14. The van der Waals surface area contributed by atoms with E-state index in [1.807, 2.05) is 6.07 Å². The molecule has 0 aliphatic heterocycles. The number of benzene rings is 2.